The van der Waals surface area contributed by atoms with Crippen molar-refractivity contribution >= 4 is 16.6 Å². The predicted molar refractivity (Wildman–Crippen MR) is 80.5 cm³/mol. The van der Waals surface area contributed by atoms with Gasteiger partial charge in [-0.25, -0.2) is 0 Å². The molecule has 0 saturated carbocycles. The van der Waals surface area contributed by atoms with Crippen molar-refractivity contribution in [3.63, 3.8) is 0 Å². The molecule has 0 spiro atoms. The highest BCUT2D eigenvalue weighted by Crippen LogP contribution is 2.22. The Labute approximate surface area is 110 Å². The van der Waals surface area contributed by atoms with Crippen molar-refractivity contribution < 1.29 is 8.85 Å². The molecule has 5 heteroatoms. The van der Waals surface area contributed by atoms with Gasteiger partial charge in [0.1, 0.15) is 0 Å². The quantitative estimate of drug-likeness (QED) is 0.519. The summed E-state index contributed by atoms with van der Waals surface area (Å²) in [5.41, 5.74) is 0.375. The van der Waals surface area contributed by atoms with Crippen LogP contribution in [0.4, 0.5) is 0 Å². The molecule has 0 heterocycles. The highest BCUT2D eigenvalue weighted by atomic mass is 28.4. The molecule has 0 aromatic carbocycles. The van der Waals surface area contributed by atoms with E-state index >= 15 is 0 Å². The Morgan fingerprint density at radius 1 is 1.18 bits per heavy atom. The fourth-order valence-electron chi connectivity index (χ4n) is 1.61. The summed E-state index contributed by atoms with van der Waals surface area (Å²) in [5.74, 6) is 0. The largest absolute Gasteiger partial charge is 0.395 e. The molecule has 104 valence electrons. The van der Waals surface area contributed by atoms with Gasteiger partial charge in [-0.3, -0.25) is 0 Å². The summed E-state index contributed by atoms with van der Waals surface area (Å²) < 4.78 is 12.3. The molecule has 2 unspecified atom stereocenters. The molecule has 0 aliphatic carbocycles. The van der Waals surface area contributed by atoms with Crippen molar-refractivity contribution in [2.24, 2.45) is 0 Å². The number of hydrogen-bond donors (Lipinski definition) is 1. The standard InChI is InChI=1S/C12H31NO2Si2/c1-8-14-17(7,11-9-10-13-3)15-12(2)16(4,5)6/h12-13H,8-11H2,1-7H3. The minimum atomic E-state index is -1.96. The van der Waals surface area contributed by atoms with E-state index in [4.69, 9.17) is 8.85 Å². The zero-order chi connectivity index (χ0) is 13.5. The predicted octanol–water partition coefficient (Wildman–Crippen LogP) is 2.99. The van der Waals surface area contributed by atoms with E-state index in [2.05, 4.69) is 45.4 Å². The Hall–Kier alpha value is 0.314. The van der Waals surface area contributed by atoms with Crippen LogP contribution in [0.25, 0.3) is 0 Å². The van der Waals surface area contributed by atoms with Crippen LogP contribution < -0.4 is 5.32 Å². The van der Waals surface area contributed by atoms with Gasteiger partial charge in [-0.2, -0.15) is 0 Å². The highest BCUT2D eigenvalue weighted by Gasteiger charge is 2.36. The maximum Gasteiger partial charge on any atom is 0.334 e. The summed E-state index contributed by atoms with van der Waals surface area (Å²) in [6, 6.07) is 1.08. The fraction of sp³-hybridized carbons (Fsp3) is 1.00. The maximum absolute atomic E-state index is 6.34. The normalized spacial score (nSPS) is 17.8. The van der Waals surface area contributed by atoms with Crippen molar-refractivity contribution in [2.75, 3.05) is 20.2 Å². The molecular formula is C12H31NO2Si2. The van der Waals surface area contributed by atoms with Crippen LogP contribution in [-0.4, -0.2) is 42.6 Å². The average molecular weight is 278 g/mol. The Bertz CT molecular complexity index is 209. The van der Waals surface area contributed by atoms with Gasteiger partial charge in [0.2, 0.25) is 0 Å². The molecule has 0 aromatic heterocycles. The zero-order valence-electron chi connectivity index (χ0n) is 12.7. The zero-order valence-corrected chi connectivity index (χ0v) is 14.7. The summed E-state index contributed by atoms with van der Waals surface area (Å²) in [7, 11) is -1.20. The highest BCUT2D eigenvalue weighted by molar-refractivity contribution is 6.78. The molecular weight excluding hydrogens is 246 g/mol. The van der Waals surface area contributed by atoms with E-state index in [-0.39, 0.29) is 0 Å². The second-order valence-corrected chi connectivity index (χ2v) is 14.7. The van der Waals surface area contributed by atoms with Crippen LogP contribution in [0.5, 0.6) is 0 Å². The number of nitrogens with one attached hydrogen (secondary N) is 1. The van der Waals surface area contributed by atoms with E-state index in [1.807, 2.05) is 7.05 Å². The lowest BCUT2D eigenvalue weighted by atomic mass is 10.5. The molecule has 2 atom stereocenters. The first kappa shape index (κ1) is 17.3. The van der Waals surface area contributed by atoms with Crippen LogP contribution >= 0.6 is 0 Å². The van der Waals surface area contributed by atoms with Crippen molar-refractivity contribution in [1.29, 1.82) is 0 Å². The van der Waals surface area contributed by atoms with E-state index in [0.717, 1.165) is 25.6 Å². The summed E-state index contributed by atoms with van der Waals surface area (Å²) >= 11 is 0. The molecule has 0 bridgehead atoms. The van der Waals surface area contributed by atoms with E-state index < -0.39 is 16.6 Å². The van der Waals surface area contributed by atoms with Gasteiger partial charge in [0.05, 0.1) is 8.07 Å². The fourth-order valence-corrected chi connectivity index (χ4v) is 6.28. The third kappa shape index (κ3) is 7.36. The molecule has 0 aromatic rings. The van der Waals surface area contributed by atoms with Gasteiger partial charge in [-0.15, -0.1) is 0 Å². The van der Waals surface area contributed by atoms with Crippen LogP contribution in [0.1, 0.15) is 20.3 Å². The van der Waals surface area contributed by atoms with Crippen LogP contribution in [0.3, 0.4) is 0 Å². The second-order valence-electron chi connectivity index (χ2n) is 5.90. The van der Waals surface area contributed by atoms with Crippen molar-refractivity contribution in [3.05, 3.63) is 0 Å². The number of rotatable bonds is 9. The lowest BCUT2D eigenvalue weighted by Crippen LogP contribution is -2.49. The molecule has 0 radical (unpaired) electrons. The minimum Gasteiger partial charge on any atom is -0.395 e. The smallest absolute Gasteiger partial charge is 0.334 e. The minimum absolute atomic E-state index is 0.375. The average Bonchev–Trinajstić information content (AvgIpc) is 2.16. The molecule has 0 saturated heterocycles. The van der Waals surface area contributed by atoms with Gasteiger partial charge in [0, 0.05) is 12.3 Å². The Morgan fingerprint density at radius 3 is 2.18 bits per heavy atom. The molecule has 0 amide bonds. The van der Waals surface area contributed by atoms with Gasteiger partial charge in [0.25, 0.3) is 0 Å². The third-order valence-corrected chi connectivity index (χ3v) is 8.96. The Balaban J connectivity index is 4.38. The number of hydrogen-bond acceptors (Lipinski definition) is 3. The lowest BCUT2D eigenvalue weighted by molar-refractivity contribution is 0.165. The summed E-state index contributed by atoms with van der Waals surface area (Å²) in [6.07, 6.45) is 1.14. The molecule has 1 N–H and O–H groups in total. The molecule has 0 fully saturated rings. The summed E-state index contributed by atoms with van der Waals surface area (Å²) in [6.45, 7) is 15.4. The van der Waals surface area contributed by atoms with Crippen LogP contribution in [0.2, 0.25) is 32.2 Å². The van der Waals surface area contributed by atoms with Crippen LogP contribution in [0.15, 0.2) is 0 Å². The van der Waals surface area contributed by atoms with E-state index in [9.17, 15) is 0 Å². The summed E-state index contributed by atoms with van der Waals surface area (Å²) in [4.78, 5) is 0. The first-order valence-electron chi connectivity index (χ1n) is 6.71. The molecule has 0 aliphatic heterocycles. The SMILES string of the molecule is CCO[Si](C)(CCCNC)OC(C)[Si](C)(C)C. The van der Waals surface area contributed by atoms with Gasteiger partial charge in [0.15, 0.2) is 0 Å². The van der Waals surface area contributed by atoms with Gasteiger partial charge < -0.3 is 14.2 Å². The van der Waals surface area contributed by atoms with Crippen LogP contribution in [-0.2, 0) is 8.85 Å². The second kappa shape index (κ2) is 7.68. The topological polar surface area (TPSA) is 30.5 Å². The van der Waals surface area contributed by atoms with E-state index in [1.165, 1.54) is 0 Å². The van der Waals surface area contributed by atoms with Crippen molar-refractivity contribution in [3.8, 4) is 0 Å². The Morgan fingerprint density at radius 2 is 1.76 bits per heavy atom. The monoisotopic (exact) mass is 277 g/mol. The molecule has 3 nitrogen and oxygen atoms in total. The third-order valence-electron chi connectivity index (χ3n) is 3.15. The van der Waals surface area contributed by atoms with Crippen molar-refractivity contribution in [1.82, 2.24) is 5.32 Å². The first-order valence-corrected chi connectivity index (χ1v) is 12.8. The first-order chi connectivity index (χ1) is 7.75. The Kier molecular flexibility index (Phi) is 7.83. The van der Waals surface area contributed by atoms with Crippen molar-refractivity contribution in [2.45, 2.75) is 58.2 Å². The van der Waals surface area contributed by atoms with E-state index in [0.29, 0.717) is 5.73 Å². The van der Waals surface area contributed by atoms with E-state index in [1.54, 1.807) is 0 Å². The van der Waals surface area contributed by atoms with Gasteiger partial charge >= 0.3 is 8.56 Å². The van der Waals surface area contributed by atoms with Gasteiger partial charge in [-0.1, -0.05) is 19.6 Å². The van der Waals surface area contributed by atoms with Crippen LogP contribution in [0, 0.1) is 0 Å². The summed E-state index contributed by atoms with van der Waals surface area (Å²) in [5, 5.41) is 3.19. The molecule has 0 aliphatic rings. The van der Waals surface area contributed by atoms with Gasteiger partial charge in [-0.05, 0) is 46.5 Å². The molecule has 0 rings (SSSR count). The lowest BCUT2D eigenvalue weighted by Gasteiger charge is -2.35. The molecule has 17 heavy (non-hydrogen) atoms. The maximum atomic E-state index is 6.34.